The van der Waals surface area contributed by atoms with Crippen LogP contribution in [0.2, 0.25) is 0 Å². The van der Waals surface area contributed by atoms with Crippen molar-refractivity contribution in [1.82, 2.24) is 9.38 Å². The fourth-order valence-electron chi connectivity index (χ4n) is 1.42. The zero-order chi connectivity index (χ0) is 11.2. The fraction of sp³-hybridized carbons (Fsp3) is 0.222. The van der Waals surface area contributed by atoms with Gasteiger partial charge in [0, 0.05) is 6.20 Å². The molecule has 0 spiro atoms. The van der Waals surface area contributed by atoms with E-state index in [4.69, 9.17) is 5.73 Å². The molecule has 0 aromatic carbocycles. The Morgan fingerprint density at radius 3 is 2.67 bits per heavy atom. The van der Waals surface area contributed by atoms with E-state index in [1.807, 2.05) is 0 Å². The lowest BCUT2D eigenvalue weighted by molar-refractivity contribution is -0.136. The molecular weight excluding hydrogens is 207 g/mol. The minimum atomic E-state index is -4.41. The quantitative estimate of drug-likeness (QED) is 0.732. The van der Waals surface area contributed by atoms with Gasteiger partial charge >= 0.3 is 6.18 Å². The molecule has 0 fully saturated rings. The number of aryl methyl sites for hydroxylation is 1. The highest BCUT2D eigenvalue weighted by Crippen LogP contribution is 2.32. The number of fused-ring (bicyclic) bond motifs is 1. The van der Waals surface area contributed by atoms with Gasteiger partial charge in [0.05, 0.1) is 11.3 Å². The van der Waals surface area contributed by atoms with Gasteiger partial charge in [0.2, 0.25) is 0 Å². The van der Waals surface area contributed by atoms with Crippen LogP contribution in [0.3, 0.4) is 0 Å². The molecule has 0 amide bonds. The maximum atomic E-state index is 12.6. The number of imidazole rings is 1. The lowest BCUT2D eigenvalue weighted by Gasteiger charge is -2.07. The summed E-state index contributed by atoms with van der Waals surface area (Å²) in [5.41, 5.74) is 5.05. The number of aromatic nitrogens is 2. The third-order valence-corrected chi connectivity index (χ3v) is 2.18. The predicted octanol–water partition coefficient (Wildman–Crippen LogP) is 2.24. The number of nitrogens with two attached hydrogens (primary N) is 1. The van der Waals surface area contributed by atoms with Gasteiger partial charge in [0.15, 0.2) is 5.65 Å². The summed E-state index contributed by atoms with van der Waals surface area (Å²) in [6.07, 6.45) is -2.95. The van der Waals surface area contributed by atoms with E-state index in [0.717, 1.165) is 6.07 Å². The summed E-state index contributed by atoms with van der Waals surface area (Å²) in [6, 6.07) is 2.29. The molecule has 0 atom stereocenters. The molecule has 15 heavy (non-hydrogen) atoms. The first kappa shape index (κ1) is 9.82. The Morgan fingerprint density at radius 2 is 2.07 bits per heavy atom. The van der Waals surface area contributed by atoms with Gasteiger partial charge in [-0.15, -0.1) is 0 Å². The minimum absolute atomic E-state index is 0.153. The first-order chi connectivity index (χ1) is 6.91. The molecule has 2 heterocycles. The average Bonchev–Trinajstić information content (AvgIpc) is 2.41. The molecule has 0 aliphatic heterocycles. The Hall–Kier alpha value is -1.72. The van der Waals surface area contributed by atoms with Gasteiger partial charge in [-0.3, -0.25) is 4.40 Å². The van der Waals surface area contributed by atoms with Gasteiger partial charge in [-0.25, -0.2) is 4.98 Å². The average molecular weight is 215 g/mol. The van der Waals surface area contributed by atoms with Crippen molar-refractivity contribution in [1.29, 1.82) is 0 Å². The molecular formula is C9H8F3N3. The predicted molar refractivity (Wildman–Crippen MR) is 49.3 cm³/mol. The van der Waals surface area contributed by atoms with Crippen molar-refractivity contribution < 1.29 is 13.2 Å². The second kappa shape index (κ2) is 2.88. The van der Waals surface area contributed by atoms with Gasteiger partial charge in [-0.1, -0.05) is 0 Å². The first-order valence-corrected chi connectivity index (χ1v) is 4.21. The van der Waals surface area contributed by atoms with Crippen molar-refractivity contribution in [2.75, 3.05) is 5.73 Å². The molecule has 0 unspecified atom stereocenters. The monoisotopic (exact) mass is 215 g/mol. The Morgan fingerprint density at radius 1 is 1.40 bits per heavy atom. The largest absolute Gasteiger partial charge is 0.419 e. The Balaban J connectivity index is 2.83. The van der Waals surface area contributed by atoms with E-state index in [1.165, 1.54) is 16.7 Å². The summed E-state index contributed by atoms with van der Waals surface area (Å²) in [7, 11) is 0. The number of nitrogen functional groups attached to an aromatic ring is 1. The maximum Gasteiger partial charge on any atom is 0.419 e. The first-order valence-electron chi connectivity index (χ1n) is 4.21. The highest BCUT2D eigenvalue weighted by Gasteiger charge is 2.34. The van der Waals surface area contributed by atoms with Crippen molar-refractivity contribution in [2.45, 2.75) is 13.1 Å². The Labute approximate surface area is 83.3 Å². The lowest BCUT2D eigenvalue weighted by Crippen LogP contribution is -2.07. The van der Waals surface area contributed by atoms with Crippen molar-refractivity contribution >= 4 is 11.5 Å². The normalized spacial score (nSPS) is 12.3. The van der Waals surface area contributed by atoms with Crippen LogP contribution in [0.15, 0.2) is 18.3 Å². The Bertz CT molecular complexity index is 513. The van der Waals surface area contributed by atoms with E-state index >= 15 is 0 Å². The number of hydrogen-bond donors (Lipinski definition) is 1. The molecule has 0 radical (unpaired) electrons. The van der Waals surface area contributed by atoms with Crippen LogP contribution in [-0.2, 0) is 6.18 Å². The van der Waals surface area contributed by atoms with Crippen LogP contribution in [0.4, 0.5) is 19.0 Å². The van der Waals surface area contributed by atoms with Gasteiger partial charge in [0.25, 0.3) is 0 Å². The second-order valence-electron chi connectivity index (χ2n) is 3.20. The number of alkyl halides is 3. The van der Waals surface area contributed by atoms with Crippen LogP contribution in [0.1, 0.15) is 11.3 Å². The number of nitrogens with zero attached hydrogens (tertiary/aromatic N) is 2. The molecule has 3 nitrogen and oxygen atoms in total. The van der Waals surface area contributed by atoms with Gasteiger partial charge in [-0.05, 0) is 19.1 Å². The molecule has 0 bridgehead atoms. The molecule has 2 aromatic heterocycles. The summed E-state index contributed by atoms with van der Waals surface area (Å²) < 4.78 is 38.9. The smallest absolute Gasteiger partial charge is 0.383 e. The second-order valence-corrected chi connectivity index (χ2v) is 3.20. The third-order valence-electron chi connectivity index (χ3n) is 2.18. The number of hydrogen-bond acceptors (Lipinski definition) is 2. The maximum absolute atomic E-state index is 12.6. The van der Waals surface area contributed by atoms with Gasteiger partial charge in [-0.2, -0.15) is 13.2 Å². The Kier molecular flexibility index (Phi) is 1.89. The molecule has 2 N–H and O–H groups in total. The molecule has 2 rings (SSSR count). The molecule has 0 aliphatic carbocycles. The molecule has 80 valence electrons. The summed E-state index contributed by atoms with van der Waals surface area (Å²) in [5, 5.41) is 0. The topological polar surface area (TPSA) is 43.3 Å². The summed E-state index contributed by atoms with van der Waals surface area (Å²) in [6.45, 7) is 1.57. The summed E-state index contributed by atoms with van der Waals surface area (Å²) >= 11 is 0. The number of rotatable bonds is 0. The number of anilines is 1. The van der Waals surface area contributed by atoms with Crippen LogP contribution in [0.5, 0.6) is 0 Å². The zero-order valence-corrected chi connectivity index (χ0v) is 7.84. The minimum Gasteiger partial charge on any atom is -0.383 e. The van der Waals surface area contributed by atoms with Crippen LogP contribution in [0.25, 0.3) is 5.65 Å². The molecule has 0 saturated carbocycles. The molecule has 0 saturated heterocycles. The van der Waals surface area contributed by atoms with E-state index in [2.05, 4.69) is 4.98 Å². The van der Waals surface area contributed by atoms with Crippen molar-refractivity contribution in [3.8, 4) is 0 Å². The summed E-state index contributed by atoms with van der Waals surface area (Å²) in [4.78, 5) is 3.80. The summed E-state index contributed by atoms with van der Waals surface area (Å²) in [5.74, 6) is 0.233. The van der Waals surface area contributed by atoms with Crippen LogP contribution in [0, 0.1) is 6.92 Å². The molecule has 2 aromatic rings. The third kappa shape index (κ3) is 1.42. The van der Waals surface area contributed by atoms with E-state index in [9.17, 15) is 13.2 Å². The van der Waals surface area contributed by atoms with Crippen LogP contribution in [-0.4, -0.2) is 9.38 Å². The lowest BCUT2D eigenvalue weighted by atomic mass is 10.2. The van der Waals surface area contributed by atoms with Gasteiger partial charge < -0.3 is 5.73 Å². The number of halogens is 3. The fourth-order valence-corrected chi connectivity index (χ4v) is 1.42. The highest BCUT2D eigenvalue weighted by molar-refractivity contribution is 5.58. The van der Waals surface area contributed by atoms with E-state index in [0.29, 0.717) is 5.69 Å². The molecule has 0 aliphatic rings. The standard InChI is InChI=1S/C9H8F3N3/c1-5-7(13)15-4-2-3-6(8(15)14-5)9(10,11)12/h2-4H,13H2,1H3. The number of pyridine rings is 1. The van der Waals surface area contributed by atoms with Crippen molar-refractivity contribution in [2.24, 2.45) is 0 Å². The van der Waals surface area contributed by atoms with E-state index in [1.54, 1.807) is 6.92 Å². The van der Waals surface area contributed by atoms with Crippen molar-refractivity contribution in [3.05, 3.63) is 29.6 Å². The highest BCUT2D eigenvalue weighted by atomic mass is 19.4. The van der Waals surface area contributed by atoms with Crippen LogP contribution >= 0.6 is 0 Å². The van der Waals surface area contributed by atoms with E-state index < -0.39 is 11.7 Å². The van der Waals surface area contributed by atoms with Gasteiger partial charge in [0.1, 0.15) is 5.82 Å². The zero-order valence-electron chi connectivity index (χ0n) is 7.84. The SMILES string of the molecule is Cc1nc2c(C(F)(F)F)cccn2c1N. The van der Waals surface area contributed by atoms with Crippen molar-refractivity contribution in [3.63, 3.8) is 0 Å². The molecule has 6 heteroatoms. The van der Waals surface area contributed by atoms with Crippen LogP contribution < -0.4 is 5.73 Å². The van der Waals surface area contributed by atoms with E-state index in [-0.39, 0.29) is 11.5 Å².